The van der Waals surface area contributed by atoms with Crippen LogP contribution in [0.25, 0.3) is 5.69 Å². The van der Waals surface area contributed by atoms with Crippen molar-refractivity contribution in [2.24, 2.45) is 0 Å². The van der Waals surface area contributed by atoms with E-state index in [4.69, 9.17) is 0 Å². The van der Waals surface area contributed by atoms with Crippen LogP contribution in [-0.4, -0.2) is 48.5 Å². The van der Waals surface area contributed by atoms with Crippen LogP contribution in [0.3, 0.4) is 0 Å². The van der Waals surface area contributed by atoms with Crippen molar-refractivity contribution in [1.29, 1.82) is 0 Å². The number of carbonyl (C=O) groups excluding carboxylic acids is 1. The first-order chi connectivity index (χ1) is 13.8. The van der Waals surface area contributed by atoms with Gasteiger partial charge >= 0.3 is 0 Å². The molecule has 0 aliphatic carbocycles. The minimum Gasteiger partial charge on any atom is -0.385 e. The van der Waals surface area contributed by atoms with Gasteiger partial charge in [-0.05, 0) is 45.7 Å². The molecule has 29 heavy (non-hydrogen) atoms. The second kappa shape index (κ2) is 7.68. The van der Waals surface area contributed by atoms with Gasteiger partial charge in [0.05, 0.1) is 39.1 Å². The van der Waals surface area contributed by atoms with Gasteiger partial charge in [-0.2, -0.15) is 15.0 Å². The standard InChI is InChI=1S/C21H25N5O2S/c1-14-8-9-15(19-22-12-18(29-19)21(2,3)28)13-25(14)20(27)16-6-4-5-7-17(16)26-23-10-11-24-26/h4-7,10-12,14-15,28H,8-9,13H2,1-3H3/t14-,15+/m1/s1. The number of benzene rings is 1. The topological polar surface area (TPSA) is 84.1 Å². The molecule has 1 aliphatic heterocycles. The Morgan fingerprint density at radius 1 is 1.21 bits per heavy atom. The highest BCUT2D eigenvalue weighted by Gasteiger charge is 2.33. The summed E-state index contributed by atoms with van der Waals surface area (Å²) in [5.41, 5.74) is 0.367. The number of thiazole rings is 1. The molecule has 3 heterocycles. The molecule has 8 heteroatoms. The summed E-state index contributed by atoms with van der Waals surface area (Å²) in [6.45, 7) is 6.24. The lowest BCUT2D eigenvalue weighted by molar-refractivity contribution is 0.0609. The SMILES string of the molecule is C[C@@H]1CC[C@H](c2ncc(C(C)(C)O)s2)CN1C(=O)c1ccccc1-n1nccn1. The monoisotopic (exact) mass is 411 g/mol. The Labute approximate surface area is 174 Å². The fraction of sp³-hybridized carbons (Fsp3) is 0.429. The van der Waals surface area contributed by atoms with Crippen LogP contribution >= 0.6 is 11.3 Å². The van der Waals surface area contributed by atoms with Gasteiger partial charge in [-0.15, -0.1) is 11.3 Å². The Hall–Kier alpha value is -2.58. The lowest BCUT2D eigenvalue weighted by Gasteiger charge is -2.37. The van der Waals surface area contributed by atoms with Crippen LogP contribution < -0.4 is 0 Å². The Balaban J connectivity index is 1.60. The van der Waals surface area contributed by atoms with E-state index in [0.717, 1.165) is 22.7 Å². The number of aliphatic hydroxyl groups is 1. The zero-order chi connectivity index (χ0) is 20.6. The van der Waals surface area contributed by atoms with Gasteiger partial charge in [0.25, 0.3) is 5.91 Å². The normalized spacial score (nSPS) is 20.1. The molecule has 1 saturated heterocycles. The number of likely N-dealkylation sites (tertiary alicyclic amines) is 1. The fourth-order valence-corrected chi connectivity index (χ4v) is 4.72. The highest BCUT2D eigenvalue weighted by Crippen LogP contribution is 2.36. The third-order valence-electron chi connectivity index (χ3n) is 5.39. The zero-order valence-electron chi connectivity index (χ0n) is 16.8. The number of carbonyl (C=O) groups is 1. The highest BCUT2D eigenvalue weighted by molar-refractivity contribution is 7.11. The number of rotatable bonds is 4. The van der Waals surface area contributed by atoms with Crippen molar-refractivity contribution in [2.75, 3.05) is 6.54 Å². The molecule has 7 nitrogen and oxygen atoms in total. The van der Waals surface area contributed by atoms with Gasteiger partial charge in [0.1, 0.15) is 0 Å². The molecular formula is C21H25N5O2S. The number of piperidine rings is 1. The van der Waals surface area contributed by atoms with Gasteiger partial charge in [0.2, 0.25) is 0 Å². The summed E-state index contributed by atoms with van der Waals surface area (Å²) in [4.78, 5) is 22.3. The maximum absolute atomic E-state index is 13.5. The number of hydrogen-bond acceptors (Lipinski definition) is 6. The molecule has 1 N–H and O–H groups in total. The van der Waals surface area contributed by atoms with Crippen LogP contribution in [0.4, 0.5) is 0 Å². The molecule has 2 aromatic heterocycles. The molecule has 152 valence electrons. The molecule has 1 fully saturated rings. The van der Waals surface area contributed by atoms with Crippen LogP contribution in [0.15, 0.2) is 42.9 Å². The quantitative estimate of drug-likeness (QED) is 0.712. The zero-order valence-corrected chi connectivity index (χ0v) is 17.6. The summed E-state index contributed by atoms with van der Waals surface area (Å²) in [6.07, 6.45) is 6.85. The van der Waals surface area contributed by atoms with Gasteiger partial charge in [-0.3, -0.25) is 4.79 Å². The molecule has 3 aromatic rings. The first-order valence-corrected chi connectivity index (χ1v) is 10.6. The maximum Gasteiger partial charge on any atom is 0.256 e. The van der Waals surface area contributed by atoms with Crippen molar-refractivity contribution < 1.29 is 9.90 Å². The van der Waals surface area contributed by atoms with E-state index in [1.165, 1.54) is 16.1 Å². The molecule has 0 spiro atoms. The Morgan fingerprint density at radius 2 is 1.93 bits per heavy atom. The van der Waals surface area contributed by atoms with Gasteiger partial charge in [0.15, 0.2) is 0 Å². The summed E-state index contributed by atoms with van der Waals surface area (Å²) in [5, 5.41) is 19.6. The Kier molecular flexibility index (Phi) is 5.23. The number of amides is 1. The largest absolute Gasteiger partial charge is 0.385 e. The van der Waals surface area contributed by atoms with Crippen LogP contribution in [0.2, 0.25) is 0 Å². The molecule has 0 radical (unpaired) electrons. The molecule has 1 amide bonds. The van der Waals surface area contributed by atoms with Crippen LogP contribution in [-0.2, 0) is 5.60 Å². The second-order valence-corrected chi connectivity index (χ2v) is 9.10. The Morgan fingerprint density at radius 3 is 2.62 bits per heavy atom. The van der Waals surface area contributed by atoms with Crippen molar-refractivity contribution in [3.8, 4) is 5.69 Å². The predicted octanol–water partition coefficient (Wildman–Crippen LogP) is 3.36. The maximum atomic E-state index is 13.5. The van der Waals surface area contributed by atoms with E-state index in [1.54, 1.807) is 32.4 Å². The molecule has 1 aliphatic rings. The van der Waals surface area contributed by atoms with Crippen LogP contribution in [0, 0.1) is 0 Å². The average molecular weight is 412 g/mol. The third kappa shape index (κ3) is 3.95. The van der Waals surface area contributed by atoms with E-state index >= 15 is 0 Å². The molecule has 0 unspecified atom stereocenters. The van der Waals surface area contributed by atoms with Gasteiger partial charge in [-0.1, -0.05) is 12.1 Å². The minimum atomic E-state index is -0.900. The van der Waals surface area contributed by atoms with Crippen LogP contribution in [0.1, 0.15) is 59.8 Å². The number of para-hydroxylation sites is 1. The molecule has 4 rings (SSSR count). The van der Waals surface area contributed by atoms with Crippen molar-refractivity contribution in [3.05, 3.63) is 58.3 Å². The van der Waals surface area contributed by atoms with Crippen molar-refractivity contribution in [3.63, 3.8) is 0 Å². The summed E-state index contributed by atoms with van der Waals surface area (Å²) < 4.78 is 0. The molecule has 2 atom stereocenters. The number of nitrogens with zero attached hydrogens (tertiary/aromatic N) is 5. The van der Waals surface area contributed by atoms with Crippen LogP contribution in [0.5, 0.6) is 0 Å². The summed E-state index contributed by atoms with van der Waals surface area (Å²) >= 11 is 1.54. The van der Waals surface area contributed by atoms with Gasteiger partial charge < -0.3 is 10.0 Å². The number of hydrogen-bond donors (Lipinski definition) is 1. The van der Waals surface area contributed by atoms with Crippen molar-refractivity contribution >= 4 is 17.2 Å². The first-order valence-electron chi connectivity index (χ1n) is 9.80. The van der Waals surface area contributed by atoms with Crippen molar-refractivity contribution in [2.45, 2.75) is 51.2 Å². The van der Waals surface area contributed by atoms with E-state index in [2.05, 4.69) is 22.1 Å². The summed E-state index contributed by atoms with van der Waals surface area (Å²) in [5.74, 6) is 0.153. The van der Waals surface area contributed by atoms with E-state index in [1.807, 2.05) is 29.2 Å². The second-order valence-electron chi connectivity index (χ2n) is 8.04. The van der Waals surface area contributed by atoms with E-state index in [9.17, 15) is 9.90 Å². The van der Waals surface area contributed by atoms with E-state index < -0.39 is 5.60 Å². The van der Waals surface area contributed by atoms with Gasteiger partial charge in [-0.25, -0.2) is 4.98 Å². The smallest absolute Gasteiger partial charge is 0.256 e. The molecular weight excluding hydrogens is 386 g/mol. The third-order valence-corrected chi connectivity index (χ3v) is 6.86. The molecule has 0 bridgehead atoms. The van der Waals surface area contributed by atoms with E-state index in [-0.39, 0.29) is 17.9 Å². The first kappa shape index (κ1) is 19.7. The summed E-state index contributed by atoms with van der Waals surface area (Å²) in [7, 11) is 0. The number of aromatic nitrogens is 4. The lowest BCUT2D eigenvalue weighted by Crippen LogP contribution is -2.45. The highest BCUT2D eigenvalue weighted by atomic mass is 32.1. The average Bonchev–Trinajstić information content (AvgIpc) is 3.40. The Bertz CT molecular complexity index is 993. The fourth-order valence-electron chi connectivity index (χ4n) is 3.67. The van der Waals surface area contributed by atoms with E-state index in [0.29, 0.717) is 17.8 Å². The summed E-state index contributed by atoms with van der Waals surface area (Å²) in [6, 6.07) is 7.57. The molecule has 0 saturated carbocycles. The predicted molar refractivity (Wildman–Crippen MR) is 111 cm³/mol. The minimum absolute atomic E-state index is 0.0191. The molecule has 1 aromatic carbocycles. The lowest BCUT2D eigenvalue weighted by atomic mass is 9.93. The van der Waals surface area contributed by atoms with Gasteiger partial charge in [0, 0.05) is 24.7 Å². The van der Waals surface area contributed by atoms with Crippen molar-refractivity contribution in [1.82, 2.24) is 24.9 Å².